The van der Waals surface area contributed by atoms with Crippen molar-refractivity contribution in [2.45, 2.75) is 0 Å². The van der Waals surface area contributed by atoms with E-state index in [9.17, 15) is 14.9 Å². The van der Waals surface area contributed by atoms with Crippen LogP contribution >= 0.6 is 0 Å². The maximum absolute atomic E-state index is 11.2. The lowest BCUT2D eigenvalue weighted by molar-refractivity contribution is -0.400. The van der Waals surface area contributed by atoms with Crippen LogP contribution in [0.25, 0.3) is 17.1 Å². The van der Waals surface area contributed by atoms with Crippen molar-refractivity contribution in [1.82, 2.24) is 9.97 Å². The number of ether oxygens (including phenoxy) is 1. The van der Waals surface area contributed by atoms with Crippen molar-refractivity contribution in [2.75, 3.05) is 7.11 Å². The minimum Gasteiger partial charge on any atom is -0.494 e. The van der Waals surface area contributed by atoms with Crippen LogP contribution in [0.5, 0.6) is 5.75 Å². The highest BCUT2D eigenvalue weighted by molar-refractivity contribution is 5.89. The number of H-pyrrole nitrogens is 2. The predicted molar refractivity (Wildman–Crippen MR) is 61.5 cm³/mol. The Balaban J connectivity index is 2.66. The van der Waals surface area contributed by atoms with Crippen molar-refractivity contribution in [3.63, 3.8) is 0 Å². The predicted octanol–water partition coefficient (Wildman–Crippen LogP) is 1.11. The lowest BCUT2D eigenvalue weighted by atomic mass is 10.1. The molecule has 0 aliphatic carbocycles. The zero-order valence-corrected chi connectivity index (χ0v) is 8.89. The number of rotatable bonds is 3. The van der Waals surface area contributed by atoms with Gasteiger partial charge in [0.25, 0.3) is 0 Å². The molecule has 17 heavy (non-hydrogen) atoms. The van der Waals surface area contributed by atoms with Crippen molar-refractivity contribution in [3.05, 3.63) is 44.5 Å². The number of aromatic nitrogens is 2. The van der Waals surface area contributed by atoms with E-state index < -0.39 is 4.92 Å². The summed E-state index contributed by atoms with van der Waals surface area (Å²) in [5, 5.41) is 10.3. The van der Waals surface area contributed by atoms with Gasteiger partial charge in [0.15, 0.2) is 0 Å². The molecule has 2 rings (SSSR count). The van der Waals surface area contributed by atoms with Gasteiger partial charge in [0, 0.05) is 11.6 Å². The molecule has 88 valence electrons. The number of hydrogen-bond acceptors (Lipinski definition) is 4. The minimum atomic E-state index is -0.569. The summed E-state index contributed by atoms with van der Waals surface area (Å²) in [6, 6.07) is 3.26. The summed E-state index contributed by atoms with van der Waals surface area (Å²) in [7, 11) is 1.48. The van der Waals surface area contributed by atoms with E-state index in [1.807, 2.05) is 0 Å². The lowest BCUT2D eigenvalue weighted by Gasteiger charge is -2.02. The molecule has 1 heterocycles. The van der Waals surface area contributed by atoms with Gasteiger partial charge in [-0.3, -0.25) is 10.1 Å². The summed E-state index contributed by atoms with van der Waals surface area (Å²) in [6.07, 6.45) is 2.12. The van der Waals surface area contributed by atoms with Gasteiger partial charge < -0.3 is 14.7 Å². The standard InChI is InChI=1S/C10H9N3O4/c1-17-7-3-2-6(4-5-13(15)16)8-9(7)12-10(14)11-8/h2-5H,1H3,(H2,11,12,14)/b5-4+. The average molecular weight is 235 g/mol. The van der Waals surface area contributed by atoms with Crippen molar-refractivity contribution >= 4 is 17.1 Å². The molecule has 0 saturated carbocycles. The zero-order valence-electron chi connectivity index (χ0n) is 8.89. The van der Waals surface area contributed by atoms with E-state index in [0.717, 1.165) is 6.20 Å². The number of methoxy groups -OCH3 is 1. The van der Waals surface area contributed by atoms with Crippen molar-refractivity contribution in [1.29, 1.82) is 0 Å². The SMILES string of the molecule is COc1ccc(/C=C/[N+](=O)[O-])c2[nH]c(=O)[nH]c12. The fourth-order valence-corrected chi connectivity index (χ4v) is 1.57. The van der Waals surface area contributed by atoms with Gasteiger partial charge in [0.05, 0.1) is 17.5 Å². The Morgan fingerprint density at radius 1 is 1.35 bits per heavy atom. The second-order valence-electron chi connectivity index (χ2n) is 3.29. The number of aromatic amines is 2. The molecule has 1 aromatic heterocycles. The maximum Gasteiger partial charge on any atom is 0.323 e. The third-order valence-electron chi connectivity index (χ3n) is 2.27. The van der Waals surface area contributed by atoms with Crippen LogP contribution < -0.4 is 10.4 Å². The van der Waals surface area contributed by atoms with Gasteiger partial charge in [0.1, 0.15) is 11.3 Å². The molecule has 0 unspecified atom stereocenters. The van der Waals surface area contributed by atoms with Crippen LogP contribution in [0.2, 0.25) is 0 Å². The average Bonchev–Trinajstić information content (AvgIpc) is 2.67. The molecule has 1 aromatic carbocycles. The van der Waals surface area contributed by atoms with E-state index in [0.29, 0.717) is 22.3 Å². The third-order valence-corrected chi connectivity index (χ3v) is 2.27. The van der Waals surface area contributed by atoms with Crippen molar-refractivity contribution in [3.8, 4) is 5.75 Å². The van der Waals surface area contributed by atoms with Gasteiger partial charge in [0.2, 0.25) is 6.20 Å². The first-order valence-corrected chi connectivity index (χ1v) is 4.72. The summed E-state index contributed by atoms with van der Waals surface area (Å²) >= 11 is 0. The summed E-state index contributed by atoms with van der Waals surface area (Å²) in [6.45, 7) is 0. The van der Waals surface area contributed by atoms with Crippen LogP contribution in [-0.2, 0) is 0 Å². The first kappa shape index (κ1) is 10.9. The summed E-state index contributed by atoms with van der Waals surface area (Å²) in [4.78, 5) is 26.0. The molecule has 7 heteroatoms. The monoisotopic (exact) mass is 235 g/mol. The highest BCUT2D eigenvalue weighted by atomic mass is 16.6. The topological polar surface area (TPSA) is 101 Å². The molecule has 0 spiro atoms. The van der Waals surface area contributed by atoms with Gasteiger partial charge in [-0.05, 0) is 12.1 Å². The molecule has 0 aliphatic rings. The Hall–Kier alpha value is -2.57. The van der Waals surface area contributed by atoms with Crippen LogP contribution in [-0.4, -0.2) is 22.0 Å². The van der Waals surface area contributed by atoms with E-state index in [1.54, 1.807) is 12.1 Å². The third kappa shape index (κ3) is 2.03. The molecule has 2 aromatic rings. The molecular weight excluding hydrogens is 226 g/mol. The van der Waals surface area contributed by atoms with E-state index in [1.165, 1.54) is 13.2 Å². The lowest BCUT2D eigenvalue weighted by Crippen LogP contribution is -1.99. The van der Waals surface area contributed by atoms with Crippen LogP contribution in [0.3, 0.4) is 0 Å². The summed E-state index contributed by atoms with van der Waals surface area (Å²) in [5.74, 6) is 0.497. The first-order chi connectivity index (χ1) is 8.11. The number of nitrogens with zero attached hydrogens (tertiary/aromatic N) is 1. The van der Waals surface area contributed by atoms with Gasteiger partial charge in [-0.25, -0.2) is 4.79 Å². The molecule has 0 saturated heterocycles. The molecule has 0 radical (unpaired) electrons. The Labute approximate surface area is 94.9 Å². The van der Waals surface area contributed by atoms with E-state index in [4.69, 9.17) is 4.74 Å². The van der Waals surface area contributed by atoms with Crippen molar-refractivity contribution < 1.29 is 9.66 Å². The molecule has 0 bridgehead atoms. The summed E-state index contributed by atoms with van der Waals surface area (Å²) < 4.78 is 5.07. The molecule has 0 fully saturated rings. The van der Waals surface area contributed by atoms with Crippen LogP contribution in [0.15, 0.2) is 23.1 Å². The fourth-order valence-electron chi connectivity index (χ4n) is 1.57. The number of nitro groups is 1. The number of imidazole rings is 1. The van der Waals surface area contributed by atoms with Gasteiger partial charge >= 0.3 is 5.69 Å². The zero-order chi connectivity index (χ0) is 12.4. The van der Waals surface area contributed by atoms with Crippen LogP contribution in [0.1, 0.15) is 5.56 Å². The number of hydrogen-bond donors (Lipinski definition) is 2. The molecular formula is C10H9N3O4. The first-order valence-electron chi connectivity index (χ1n) is 4.72. The summed E-state index contributed by atoms with van der Waals surface area (Å²) in [5.41, 5.74) is 1.12. The molecule has 0 aliphatic heterocycles. The van der Waals surface area contributed by atoms with Crippen molar-refractivity contribution in [2.24, 2.45) is 0 Å². The van der Waals surface area contributed by atoms with E-state index >= 15 is 0 Å². The largest absolute Gasteiger partial charge is 0.494 e. The molecule has 0 atom stereocenters. The smallest absolute Gasteiger partial charge is 0.323 e. The fraction of sp³-hybridized carbons (Fsp3) is 0.100. The Kier molecular flexibility index (Phi) is 2.65. The molecule has 0 amide bonds. The minimum absolute atomic E-state index is 0.389. The van der Waals surface area contributed by atoms with Crippen LogP contribution in [0.4, 0.5) is 0 Å². The van der Waals surface area contributed by atoms with Crippen LogP contribution in [0, 0.1) is 10.1 Å². The Morgan fingerprint density at radius 2 is 2.06 bits per heavy atom. The highest BCUT2D eigenvalue weighted by Gasteiger charge is 2.08. The normalized spacial score (nSPS) is 11.1. The molecule has 7 nitrogen and oxygen atoms in total. The second-order valence-corrected chi connectivity index (χ2v) is 3.29. The van der Waals surface area contributed by atoms with Gasteiger partial charge in [-0.1, -0.05) is 0 Å². The van der Waals surface area contributed by atoms with E-state index in [2.05, 4.69) is 9.97 Å². The number of fused-ring (bicyclic) bond motifs is 1. The Bertz CT molecular complexity index is 653. The Morgan fingerprint density at radius 3 is 2.71 bits per heavy atom. The van der Waals surface area contributed by atoms with Gasteiger partial charge in [-0.2, -0.15) is 0 Å². The number of nitrogens with one attached hydrogen (secondary N) is 2. The highest BCUT2D eigenvalue weighted by Crippen LogP contribution is 2.25. The molecule has 2 N–H and O–H groups in total. The van der Waals surface area contributed by atoms with E-state index in [-0.39, 0.29) is 5.69 Å². The maximum atomic E-state index is 11.2. The van der Waals surface area contributed by atoms with Gasteiger partial charge in [-0.15, -0.1) is 0 Å². The quantitative estimate of drug-likeness (QED) is 0.614. The number of benzene rings is 1. The second kappa shape index (κ2) is 4.12.